The van der Waals surface area contributed by atoms with Crippen molar-refractivity contribution in [2.75, 3.05) is 39.5 Å². The van der Waals surface area contributed by atoms with Gasteiger partial charge in [0.1, 0.15) is 5.60 Å². The molecule has 1 aromatic rings. The van der Waals surface area contributed by atoms with Crippen molar-refractivity contribution in [3.63, 3.8) is 0 Å². The number of carbonyl (C=O) groups excluding carboxylic acids is 1. The molecule has 2 aliphatic rings. The number of guanidine groups is 1. The van der Waals surface area contributed by atoms with Crippen LogP contribution in [0.1, 0.15) is 26.3 Å². The zero-order valence-electron chi connectivity index (χ0n) is 16.6. The third kappa shape index (κ3) is 6.05. The number of piperazine rings is 1. The summed E-state index contributed by atoms with van der Waals surface area (Å²) in [5.41, 5.74) is 6.77. The lowest BCUT2D eigenvalue weighted by molar-refractivity contribution is 0.0186. The van der Waals surface area contributed by atoms with Gasteiger partial charge in [0.05, 0.1) is 0 Å². The normalized spacial score (nSPS) is 16.6. The lowest BCUT2D eigenvalue weighted by atomic mass is 10.1. The molecule has 1 amide bonds. The highest BCUT2D eigenvalue weighted by Crippen LogP contribution is 2.32. The van der Waals surface area contributed by atoms with E-state index in [1.165, 1.54) is 0 Å². The fourth-order valence-corrected chi connectivity index (χ4v) is 2.94. The van der Waals surface area contributed by atoms with Crippen molar-refractivity contribution < 1.29 is 19.0 Å². The SMILES string of the molecule is CC(C)(C)OC(=O)N1CCN(C(N)=NCCc2ccc3c(c2)OCO3)CC1.I. The van der Waals surface area contributed by atoms with Gasteiger partial charge in [-0.25, -0.2) is 4.79 Å². The van der Waals surface area contributed by atoms with Crippen LogP contribution in [-0.4, -0.2) is 67.0 Å². The van der Waals surface area contributed by atoms with E-state index >= 15 is 0 Å². The summed E-state index contributed by atoms with van der Waals surface area (Å²) in [4.78, 5) is 20.3. The van der Waals surface area contributed by atoms with Crippen LogP contribution in [0.4, 0.5) is 4.79 Å². The number of nitrogens with zero attached hydrogens (tertiary/aromatic N) is 3. The van der Waals surface area contributed by atoms with Crippen LogP contribution in [0.25, 0.3) is 0 Å². The summed E-state index contributed by atoms with van der Waals surface area (Å²) >= 11 is 0. The monoisotopic (exact) mass is 504 g/mol. The first-order valence-corrected chi connectivity index (χ1v) is 9.23. The van der Waals surface area contributed by atoms with Crippen molar-refractivity contribution in [1.82, 2.24) is 9.80 Å². The molecule has 0 bridgehead atoms. The van der Waals surface area contributed by atoms with Crippen LogP contribution in [0, 0.1) is 0 Å². The lowest BCUT2D eigenvalue weighted by Crippen LogP contribution is -2.53. The van der Waals surface area contributed by atoms with Crippen LogP contribution in [0.3, 0.4) is 0 Å². The van der Waals surface area contributed by atoms with E-state index in [0.717, 1.165) is 23.5 Å². The molecule has 0 radical (unpaired) electrons. The topological polar surface area (TPSA) is 89.6 Å². The van der Waals surface area contributed by atoms with Crippen LogP contribution in [0.5, 0.6) is 11.5 Å². The Morgan fingerprint density at radius 1 is 1.14 bits per heavy atom. The predicted octanol–water partition coefficient (Wildman–Crippen LogP) is 2.44. The lowest BCUT2D eigenvalue weighted by Gasteiger charge is -2.36. The Labute approximate surface area is 183 Å². The van der Waals surface area contributed by atoms with Gasteiger partial charge in [-0.05, 0) is 44.9 Å². The van der Waals surface area contributed by atoms with E-state index in [1.54, 1.807) is 4.90 Å². The summed E-state index contributed by atoms with van der Waals surface area (Å²) < 4.78 is 16.1. The Hall–Kier alpha value is -1.91. The fraction of sp³-hybridized carbons (Fsp3) is 0.579. The van der Waals surface area contributed by atoms with Gasteiger partial charge in [0.2, 0.25) is 6.79 Å². The maximum absolute atomic E-state index is 12.1. The number of carbonyl (C=O) groups is 1. The summed E-state index contributed by atoms with van der Waals surface area (Å²) in [6, 6.07) is 5.91. The number of benzene rings is 1. The largest absolute Gasteiger partial charge is 0.454 e. The van der Waals surface area contributed by atoms with Crippen LogP contribution in [-0.2, 0) is 11.2 Å². The first-order chi connectivity index (χ1) is 12.8. The van der Waals surface area contributed by atoms with Gasteiger partial charge in [0.15, 0.2) is 17.5 Å². The first kappa shape index (κ1) is 22.4. The summed E-state index contributed by atoms with van der Waals surface area (Å²) in [5.74, 6) is 2.08. The molecule has 156 valence electrons. The molecule has 0 atom stereocenters. The second kappa shape index (κ2) is 9.53. The Balaban J connectivity index is 0.00000280. The molecule has 1 fully saturated rings. The zero-order valence-corrected chi connectivity index (χ0v) is 19.0. The molecule has 1 aromatic carbocycles. The molecule has 28 heavy (non-hydrogen) atoms. The third-order valence-electron chi connectivity index (χ3n) is 4.37. The van der Waals surface area contributed by atoms with Gasteiger partial charge in [-0.2, -0.15) is 0 Å². The van der Waals surface area contributed by atoms with Crippen LogP contribution in [0.15, 0.2) is 23.2 Å². The predicted molar refractivity (Wildman–Crippen MR) is 118 cm³/mol. The summed E-state index contributed by atoms with van der Waals surface area (Å²) in [6.07, 6.45) is 0.496. The van der Waals surface area contributed by atoms with E-state index in [2.05, 4.69) is 4.99 Å². The smallest absolute Gasteiger partial charge is 0.410 e. The van der Waals surface area contributed by atoms with E-state index in [9.17, 15) is 4.79 Å². The van der Waals surface area contributed by atoms with E-state index in [0.29, 0.717) is 38.7 Å². The zero-order chi connectivity index (χ0) is 19.4. The Bertz CT molecular complexity index is 712. The number of hydrogen-bond acceptors (Lipinski definition) is 5. The highest BCUT2D eigenvalue weighted by Gasteiger charge is 2.26. The molecule has 2 aliphatic heterocycles. The van der Waals surface area contributed by atoms with Gasteiger partial charge in [-0.1, -0.05) is 6.07 Å². The second-order valence-electron chi connectivity index (χ2n) is 7.63. The standard InChI is InChI=1S/C19H28N4O4.HI/c1-19(2,3)27-18(24)23-10-8-22(9-11-23)17(20)21-7-6-14-4-5-15-16(12-14)26-13-25-15;/h4-5,12H,6-11,13H2,1-3H3,(H2,20,21);1H. The minimum atomic E-state index is -0.483. The Morgan fingerprint density at radius 2 is 1.79 bits per heavy atom. The minimum absolute atomic E-state index is 0. The van der Waals surface area contributed by atoms with Crippen molar-refractivity contribution >= 4 is 36.0 Å². The van der Waals surface area contributed by atoms with Gasteiger partial charge < -0.3 is 29.7 Å². The summed E-state index contributed by atoms with van der Waals surface area (Å²) in [6.45, 7) is 8.93. The second-order valence-corrected chi connectivity index (χ2v) is 7.63. The molecule has 1 saturated heterocycles. The number of nitrogens with two attached hydrogens (primary N) is 1. The molecule has 0 spiro atoms. The molecule has 3 rings (SSSR count). The van der Waals surface area contributed by atoms with Gasteiger partial charge in [-0.15, -0.1) is 24.0 Å². The van der Waals surface area contributed by atoms with E-state index in [4.69, 9.17) is 19.9 Å². The summed E-state index contributed by atoms with van der Waals surface area (Å²) in [7, 11) is 0. The number of aliphatic imine (C=N–C) groups is 1. The quantitative estimate of drug-likeness (QED) is 0.387. The van der Waals surface area contributed by atoms with Crippen molar-refractivity contribution in [1.29, 1.82) is 0 Å². The van der Waals surface area contributed by atoms with Crippen molar-refractivity contribution in [2.45, 2.75) is 32.8 Å². The molecule has 0 aliphatic carbocycles. The van der Waals surface area contributed by atoms with Gasteiger partial charge in [0, 0.05) is 32.7 Å². The maximum Gasteiger partial charge on any atom is 0.410 e. The van der Waals surface area contributed by atoms with E-state index in [-0.39, 0.29) is 36.9 Å². The van der Waals surface area contributed by atoms with Crippen LogP contribution < -0.4 is 15.2 Å². The van der Waals surface area contributed by atoms with Crippen molar-refractivity contribution in [2.24, 2.45) is 10.7 Å². The van der Waals surface area contributed by atoms with Gasteiger partial charge in [-0.3, -0.25) is 4.99 Å². The molecule has 0 unspecified atom stereocenters. The molecule has 0 aromatic heterocycles. The maximum atomic E-state index is 12.1. The highest BCUT2D eigenvalue weighted by atomic mass is 127. The Morgan fingerprint density at radius 3 is 2.46 bits per heavy atom. The number of amides is 1. The molecule has 0 saturated carbocycles. The van der Waals surface area contributed by atoms with Crippen LogP contribution >= 0.6 is 24.0 Å². The highest BCUT2D eigenvalue weighted by molar-refractivity contribution is 14.0. The average molecular weight is 504 g/mol. The third-order valence-corrected chi connectivity index (χ3v) is 4.37. The van der Waals surface area contributed by atoms with Gasteiger partial charge in [0.25, 0.3) is 0 Å². The Kier molecular flexibility index (Phi) is 7.62. The molecule has 2 N–H and O–H groups in total. The first-order valence-electron chi connectivity index (χ1n) is 9.23. The van der Waals surface area contributed by atoms with E-state index in [1.807, 2.05) is 43.9 Å². The molecule has 9 heteroatoms. The number of hydrogen-bond donors (Lipinski definition) is 1. The van der Waals surface area contributed by atoms with E-state index < -0.39 is 5.60 Å². The minimum Gasteiger partial charge on any atom is -0.454 e. The number of halogens is 1. The molecular formula is C19H29IN4O4. The summed E-state index contributed by atoms with van der Waals surface area (Å²) in [5, 5.41) is 0. The van der Waals surface area contributed by atoms with Crippen molar-refractivity contribution in [3.8, 4) is 11.5 Å². The molecule has 2 heterocycles. The fourth-order valence-electron chi connectivity index (χ4n) is 2.94. The molecular weight excluding hydrogens is 475 g/mol. The average Bonchev–Trinajstić information content (AvgIpc) is 3.08. The van der Waals surface area contributed by atoms with Gasteiger partial charge >= 0.3 is 6.09 Å². The number of ether oxygens (including phenoxy) is 3. The number of fused-ring (bicyclic) bond motifs is 1. The van der Waals surface area contributed by atoms with Crippen molar-refractivity contribution in [3.05, 3.63) is 23.8 Å². The number of rotatable bonds is 3. The van der Waals surface area contributed by atoms with Crippen LogP contribution in [0.2, 0.25) is 0 Å². The molecule has 8 nitrogen and oxygen atoms in total.